The quantitative estimate of drug-likeness (QED) is 0.567. The number of rotatable bonds is 8. The maximum atomic E-state index is 4.87. The highest BCUT2D eigenvalue weighted by atomic mass is 15.3. The van der Waals surface area contributed by atoms with Crippen molar-refractivity contribution < 1.29 is 0 Å². The summed E-state index contributed by atoms with van der Waals surface area (Å²) < 4.78 is 2.04. The molecule has 1 aliphatic heterocycles. The number of pyridine rings is 1. The molecule has 148 valence electrons. The third-order valence-electron chi connectivity index (χ3n) is 5.31. The Kier molecular flexibility index (Phi) is 7.04. The number of hydrogen-bond acceptors (Lipinski definition) is 4. The van der Waals surface area contributed by atoms with Crippen LogP contribution in [0.2, 0.25) is 0 Å². The average Bonchev–Trinajstić information content (AvgIpc) is 3.33. The molecular formula is C20H33N7. The largest absolute Gasteiger partial charge is 0.357 e. The second-order valence-corrected chi connectivity index (χ2v) is 7.12. The Hall–Kier alpha value is -2.15. The lowest BCUT2D eigenvalue weighted by Gasteiger charge is -2.24. The van der Waals surface area contributed by atoms with Crippen LogP contribution in [-0.2, 0) is 6.42 Å². The van der Waals surface area contributed by atoms with Gasteiger partial charge in [0.2, 0.25) is 0 Å². The summed E-state index contributed by atoms with van der Waals surface area (Å²) in [7, 11) is 0. The number of aliphatic imine (C=N–C) groups is 1. The third-order valence-corrected chi connectivity index (χ3v) is 5.31. The fourth-order valence-electron chi connectivity index (χ4n) is 3.77. The molecule has 1 fully saturated rings. The van der Waals surface area contributed by atoms with Gasteiger partial charge < -0.3 is 15.1 Å². The van der Waals surface area contributed by atoms with Gasteiger partial charge in [-0.1, -0.05) is 19.9 Å². The maximum absolute atomic E-state index is 4.87. The van der Waals surface area contributed by atoms with Crippen LogP contribution in [0, 0.1) is 5.92 Å². The van der Waals surface area contributed by atoms with E-state index in [1.807, 2.05) is 28.8 Å². The van der Waals surface area contributed by atoms with Gasteiger partial charge in [0, 0.05) is 45.3 Å². The number of likely N-dealkylation sites (tertiary alicyclic amines) is 1. The van der Waals surface area contributed by atoms with E-state index in [9.17, 15) is 0 Å². The highest BCUT2D eigenvalue weighted by molar-refractivity contribution is 5.80. The molecule has 0 saturated carbocycles. The second-order valence-electron chi connectivity index (χ2n) is 7.12. The Bertz CT molecular complexity index is 735. The average molecular weight is 372 g/mol. The van der Waals surface area contributed by atoms with Crippen LogP contribution in [0.5, 0.6) is 0 Å². The summed E-state index contributed by atoms with van der Waals surface area (Å²) in [5.41, 5.74) is 0.891. The SMILES string of the molecule is CCNC(=NCCc1nnc2ccccn12)N1CCC(CN(CC)CC)C1. The number of aromatic nitrogens is 3. The van der Waals surface area contributed by atoms with Gasteiger partial charge in [-0.15, -0.1) is 10.2 Å². The molecule has 1 saturated heterocycles. The first-order valence-electron chi connectivity index (χ1n) is 10.3. The molecule has 27 heavy (non-hydrogen) atoms. The van der Waals surface area contributed by atoms with Gasteiger partial charge >= 0.3 is 0 Å². The fraction of sp³-hybridized carbons (Fsp3) is 0.650. The van der Waals surface area contributed by atoms with Crippen LogP contribution < -0.4 is 5.32 Å². The highest BCUT2D eigenvalue weighted by Crippen LogP contribution is 2.17. The van der Waals surface area contributed by atoms with E-state index in [-0.39, 0.29) is 0 Å². The van der Waals surface area contributed by atoms with Crippen molar-refractivity contribution >= 4 is 11.6 Å². The molecule has 1 atom stereocenters. The zero-order valence-electron chi connectivity index (χ0n) is 16.9. The Morgan fingerprint density at radius 3 is 2.89 bits per heavy atom. The monoisotopic (exact) mass is 371 g/mol. The Labute approximate surface area is 162 Å². The van der Waals surface area contributed by atoms with Crippen molar-refractivity contribution in [1.82, 2.24) is 29.7 Å². The predicted octanol–water partition coefficient (Wildman–Crippen LogP) is 1.90. The van der Waals surface area contributed by atoms with Crippen molar-refractivity contribution in [3.63, 3.8) is 0 Å². The van der Waals surface area contributed by atoms with Gasteiger partial charge in [-0.25, -0.2) is 0 Å². The van der Waals surface area contributed by atoms with Crippen LogP contribution in [0.1, 0.15) is 33.0 Å². The van der Waals surface area contributed by atoms with Crippen molar-refractivity contribution in [2.75, 3.05) is 45.8 Å². The molecule has 1 aliphatic rings. The van der Waals surface area contributed by atoms with E-state index in [0.717, 1.165) is 69.0 Å². The standard InChI is InChI=1S/C20H33N7/c1-4-21-20(26-14-11-17(16-26)15-25(5-2)6-3)22-12-10-19-24-23-18-9-7-8-13-27(18)19/h7-9,13,17H,4-6,10-12,14-16H2,1-3H3,(H,21,22). The zero-order chi connectivity index (χ0) is 19.1. The number of nitrogens with one attached hydrogen (secondary N) is 1. The molecule has 3 rings (SSSR count). The molecule has 0 radical (unpaired) electrons. The molecule has 0 bridgehead atoms. The van der Waals surface area contributed by atoms with Gasteiger partial charge in [0.15, 0.2) is 11.6 Å². The molecule has 3 heterocycles. The number of nitrogens with zero attached hydrogens (tertiary/aromatic N) is 6. The predicted molar refractivity (Wildman–Crippen MR) is 110 cm³/mol. The normalized spacial score (nSPS) is 18.0. The third kappa shape index (κ3) is 4.97. The van der Waals surface area contributed by atoms with Crippen LogP contribution in [0.15, 0.2) is 29.4 Å². The Morgan fingerprint density at radius 2 is 2.11 bits per heavy atom. The summed E-state index contributed by atoms with van der Waals surface area (Å²) in [6.45, 7) is 13.9. The summed E-state index contributed by atoms with van der Waals surface area (Å²) in [4.78, 5) is 9.81. The first-order valence-corrected chi connectivity index (χ1v) is 10.3. The van der Waals surface area contributed by atoms with Crippen molar-refractivity contribution in [3.8, 4) is 0 Å². The lowest BCUT2D eigenvalue weighted by molar-refractivity contribution is 0.255. The van der Waals surface area contributed by atoms with Crippen molar-refractivity contribution in [2.45, 2.75) is 33.6 Å². The topological polar surface area (TPSA) is 61.1 Å². The van der Waals surface area contributed by atoms with Gasteiger partial charge in [0.25, 0.3) is 0 Å². The van der Waals surface area contributed by atoms with Crippen molar-refractivity contribution in [2.24, 2.45) is 10.9 Å². The number of fused-ring (bicyclic) bond motifs is 1. The van der Waals surface area contributed by atoms with Crippen LogP contribution in [0.3, 0.4) is 0 Å². The van der Waals surface area contributed by atoms with E-state index in [2.05, 4.69) is 46.1 Å². The summed E-state index contributed by atoms with van der Waals surface area (Å²) in [5.74, 6) is 2.73. The van der Waals surface area contributed by atoms with E-state index < -0.39 is 0 Å². The molecule has 0 amide bonds. The minimum absolute atomic E-state index is 0.717. The summed E-state index contributed by atoms with van der Waals surface area (Å²) in [5, 5.41) is 12.0. The molecule has 2 aromatic heterocycles. The summed E-state index contributed by atoms with van der Waals surface area (Å²) in [6.07, 6.45) is 4.05. The van der Waals surface area contributed by atoms with E-state index in [1.54, 1.807) is 0 Å². The first kappa shape index (κ1) is 19.6. The van der Waals surface area contributed by atoms with Crippen LogP contribution in [-0.4, -0.2) is 76.2 Å². The second kappa shape index (κ2) is 9.69. The zero-order valence-corrected chi connectivity index (χ0v) is 16.9. The number of guanidine groups is 1. The van der Waals surface area contributed by atoms with Crippen LogP contribution in [0.25, 0.3) is 5.65 Å². The van der Waals surface area contributed by atoms with Gasteiger partial charge in [-0.2, -0.15) is 0 Å². The lowest BCUT2D eigenvalue weighted by atomic mass is 10.1. The van der Waals surface area contributed by atoms with E-state index in [4.69, 9.17) is 4.99 Å². The fourth-order valence-corrected chi connectivity index (χ4v) is 3.77. The Morgan fingerprint density at radius 1 is 1.26 bits per heavy atom. The number of hydrogen-bond donors (Lipinski definition) is 1. The smallest absolute Gasteiger partial charge is 0.193 e. The van der Waals surface area contributed by atoms with Crippen LogP contribution in [0.4, 0.5) is 0 Å². The molecule has 2 aromatic rings. The minimum Gasteiger partial charge on any atom is -0.357 e. The summed E-state index contributed by atoms with van der Waals surface area (Å²) in [6, 6.07) is 5.97. The van der Waals surface area contributed by atoms with Crippen molar-refractivity contribution in [1.29, 1.82) is 0 Å². The maximum Gasteiger partial charge on any atom is 0.193 e. The Balaban J connectivity index is 1.58. The van der Waals surface area contributed by atoms with Crippen molar-refractivity contribution in [3.05, 3.63) is 30.2 Å². The molecule has 1 unspecified atom stereocenters. The summed E-state index contributed by atoms with van der Waals surface area (Å²) >= 11 is 0. The molecule has 0 aromatic carbocycles. The molecule has 7 heteroatoms. The first-order chi connectivity index (χ1) is 13.2. The molecule has 0 aliphatic carbocycles. The molecule has 7 nitrogen and oxygen atoms in total. The molecule has 1 N–H and O–H groups in total. The van der Waals surface area contributed by atoms with E-state index in [1.165, 1.54) is 13.0 Å². The van der Waals surface area contributed by atoms with Gasteiger partial charge in [-0.05, 0) is 44.5 Å². The van der Waals surface area contributed by atoms with E-state index in [0.29, 0.717) is 0 Å². The highest BCUT2D eigenvalue weighted by Gasteiger charge is 2.25. The lowest BCUT2D eigenvalue weighted by Crippen LogP contribution is -2.41. The van der Waals surface area contributed by atoms with Gasteiger partial charge in [0.1, 0.15) is 5.82 Å². The van der Waals surface area contributed by atoms with Gasteiger partial charge in [-0.3, -0.25) is 9.39 Å². The van der Waals surface area contributed by atoms with Gasteiger partial charge in [0.05, 0.1) is 0 Å². The van der Waals surface area contributed by atoms with Crippen LogP contribution >= 0.6 is 0 Å². The molecule has 0 spiro atoms. The minimum atomic E-state index is 0.717. The molecular weight excluding hydrogens is 338 g/mol. The van der Waals surface area contributed by atoms with E-state index >= 15 is 0 Å².